The molecule has 0 spiro atoms. The van der Waals surface area contributed by atoms with E-state index in [0.717, 1.165) is 6.42 Å². The second-order valence-corrected chi connectivity index (χ2v) is 6.37. The van der Waals surface area contributed by atoms with Gasteiger partial charge in [-0.15, -0.1) is 0 Å². The van der Waals surface area contributed by atoms with Crippen LogP contribution in [0.5, 0.6) is 5.75 Å². The van der Waals surface area contributed by atoms with Gasteiger partial charge in [-0.2, -0.15) is 0 Å². The summed E-state index contributed by atoms with van der Waals surface area (Å²) in [4.78, 5) is 26.1. The van der Waals surface area contributed by atoms with Gasteiger partial charge in [0.25, 0.3) is 0 Å². The summed E-state index contributed by atoms with van der Waals surface area (Å²) in [5, 5.41) is 5.80. The second-order valence-electron chi connectivity index (χ2n) is 6.37. The molecule has 0 aromatic heterocycles. The third-order valence-corrected chi connectivity index (χ3v) is 3.90. The number of hydrogen-bond acceptors (Lipinski definition) is 4. The molecule has 0 saturated carbocycles. The quantitative estimate of drug-likeness (QED) is 0.726. The van der Waals surface area contributed by atoms with Crippen LogP contribution in [0.4, 0.5) is 5.69 Å². The Kier molecular flexibility index (Phi) is 7.71. The molecule has 2 N–H and O–H groups in total. The van der Waals surface area contributed by atoms with E-state index in [1.165, 1.54) is 0 Å². The standard InChI is InChI=1S/C18H29N3O3/c1-6-18(3,4)20-17(23)13-21(7-2)12-16(22)19-14-9-8-10-15(11-14)24-5/h8-11H,6-7,12-13H2,1-5H3,(H,19,22)(H,20,23). The Morgan fingerprint density at radius 2 is 1.83 bits per heavy atom. The minimum Gasteiger partial charge on any atom is -0.497 e. The van der Waals surface area contributed by atoms with E-state index in [9.17, 15) is 9.59 Å². The molecule has 1 aromatic rings. The smallest absolute Gasteiger partial charge is 0.238 e. The van der Waals surface area contributed by atoms with Crippen molar-refractivity contribution >= 4 is 17.5 Å². The van der Waals surface area contributed by atoms with Gasteiger partial charge in [0.1, 0.15) is 5.75 Å². The number of anilines is 1. The van der Waals surface area contributed by atoms with Gasteiger partial charge in [0.05, 0.1) is 20.2 Å². The van der Waals surface area contributed by atoms with Gasteiger partial charge in [-0.05, 0) is 38.9 Å². The van der Waals surface area contributed by atoms with Gasteiger partial charge in [0, 0.05) is 17.3 Å². The normalized spacial score (nSPS) is 11.2. The Morgan fingerprint density at radius 1 is 1.17 bits per heavy atom. The summed E-state index contributed by atoms with van der Waals surface area (Å²) < 4.78 is 5.13. The van der Waals surface area contributed by atoms with Crippen molar-refractivity contribution in [3.05, 3.63) is 24.3 Å². The maximum Gasteiger partial charge on any atom is 0.238 e. The van der Waals surface area contributed by atoms with Crippen molar-refractivity contribution in [3.8, 4) is 5.75 Å². The molecule has 0 atom stereocenters. The van der Waals surface area contributed by atoms with Gasteiger partial charge < -0.3 is 15.4 Å². The first-order chi connectivity index (χ1) is 11.3. The first kappa shape index (κ1) is 20.0. The topological polar surface area (TPSA) is 70.7 Å². The zero-order valence-electron chi connectivity index (χ0n) is 15.3. The minimum atomic E-state index is -0.237. The molecule has 1 aromatic carbocycles. The second kappa shape index (κ2) is 9.27. The van der Waals surface area contributed by atoms with Crippen LogP contribution in [-0.4, -0.2) is 49.0 Å². The van der Waals surface area contributed by atoms with E-state index in [1.807, 2.05) is 39.8 Å². The van der Waals surface area contributed by atoms with E-state index in [1.54, 1.807) is 24.1 Å². The summed E-state index contributed by atoms with van der Waals surface area (Å²) in [5.74, 6) is 0.451. The molecule has 0 heterocycles. The number of nitrogens with zero attached hydrogens (tertiary/aromatic N) is 1. The lowest BCUT2D eigenvalue weighted by molar-refractivity contribution is -0.124. The highest BCUT2D eigenvalue weighted by atomic mass is 16.5. The molecule has 24 heavy (non-hydrogen) atoms. The summed E-state index contributed by atoms with van der Waals surface area (Å²) in [6.45, 7) is 8.90. The molecule has 0 aliphatic rings. The van der Waals surface area contributed by atoms with E-state index in [2.05, 4.69) is 10.6 Å². The lowest BCUT2D eigenvalue weighted by Gasteiger charge is -2.27. The third-order valence-electron chi connectivity index (χ3n) is 3.90. The van der Waals surface area contributed by atoms with Crippen LogP contribution in [-0.2, 0) is 9.59 Å². The Morgan fingerprint density at radius 3 is 2.42 bits per heavy atom. The predicted molar refractivity (Wildman–Crippen MR) is 96.3 cm³/mol. The van der Waals surface area contributed by atoms with E-state index < -0.39 is 0 Å². The molecular formula is C18H29N3O3. The SMILES string of the molecule is CCN(CC(=O)Nc1cccc(OC)c1)CC(=O)NC(C)(C)CC. The van der Waals surface area contributed by atoms with Crippen LogP contribution < -0.4 is 15.4 Å². The number of carbonyl (C=O) groups excluding carboxylic acids is 2. The van der Waals surface area contributed by atoms with Crippen LogP contribution in [0.25, 0.3) is 0 Å². The fourth-order valence-corrected chi connectivity index (χ4v) is 2.09. The zero-order valence-corrected chi connectivity index (χ0v) is 15.3. The molecule has 0 aliphatic heterocycles. The van der Waals surface area contributed by atoms with Gasteiger partial charge in [0.2, 0.25) is 11.8 Å². The van der Waals surface area contributed by atoms with Crippen LogP contribution in [0.1, 0.15) is 34.1 Å². The summed E-state index contributed by atoms with van der Waals surface area (Å²) in [6, 6.07) is 7.18. The molecule has 1 rings (SSSR count). The predicted octanol–water partition coefficient (Wildman–Crippen LogP) is 2.26. The number of carbonyl (C=O) groups is 2. The summed E-state index contributed by atoms with van der Waals surface area (Å²) in [5.41, 5.74) is 0.436. The number of methoxy groups -OCH3 is 1. The molecule has 0 unspecified atom stereocenters. The third kappa shape index (κ3) is 7.00. The minimum absolute atomic E-state index is 0.0714. The first-order valence-corrected chi connectivity index (χ1v) is 8.27. The number of benzene rings is 1. The van der Waals surface area contributed by atoms with Gasteiger partial charge in [0.15, 0.2) is 0 Å². The van der Waals surface area contributed by atoms with Crippen molar-refractivity contribution in [1.82, 2.24) is 10.2 Å². The number of ether oxygens (including phenoxy) is 1. The molecule has 0 fully saturated rings. The molecule has 0 radical (unpaired) electrons. The number of rotatable bonds is 9. The molecule has 2 amide bonds. The van der Waals surface area contributed by atoms with E-state index in [0.29, 0.717) is 18.0 Å². The maximum absolute atomic E-state index is 12.2. The average Bonchev–Trinajstić information content (AvgIpc) is 2.53. The highest BCUT2D eigenvalue weighted by Gasteiger charge is 2.20. The van der Waals surface area contributed by atoms with Crippen LogP contribution in [0.2, 0.25) is 0 Å². The molecule has 134 valence electrons. The van der Waals surface area contributed by atoms with Crippen LogP contribution in [0.3, 0.4) is 0 Å². The maximum atomic E-state index is 12.2. The fourth-order valence-electron chi connectivity index (χ4n) is 2.09. The van der Waals surface area contributed by atoms with E-state index in [-0.39, 0.29) is 30.4 Å². The van der Waals surface area contributed by atoms with Gasteiger partial charge in [-0.3, -0.25) is 14.5 Å². The molecule has 6 heteroatoms. The van der Waals surface area contributed by atoms with Crippen molar-refractivity contribution in [1.29, 1.82) is 0 Å². The van der Waals surface area contributed by atoms with Crippen molar-refractivity contribution in [2.75, 3.05) is 32.1 Å². The first-order valence-electron chi connectivity index (χ1n) is 8.27. The highest BCUT2D eigenvalue weighted by Crippen LogP contribution is 2.16. The number of nitrogens with one attached hydrogen (secondary N) is 2. The molecule has 6 nitrogen and oxygen atoms in total. The number of hydrogen-bond donors (Lipinski definition) is 2. The van der Waals surface area contributed by atoms with Crippen LogP contribution >= 0.6 is 0 Å². The summed E-state index contributed by atoms with van der Waals surface area (Å²) in [7, 11) is 1.58. The van der Waals surface area contributed by atoms with Crippen LogP contribution in [0, 0.1) is 0 Å². The Bertz CT molecular complexity index is 558. The largest absolute Gasteiger partial charge is 0.497 e. The summed E-state index contributed by atoms with van der Waals surface area (Å²) in [6.07, 6.45) is 0.848. The molecule has 0 saturated heterocycles. The Labute approximate surface area is 144 Å². The van der Waals surface area contributed by atoms with Gasteiger partial charge >= 0.3 is 0 Å². The monoisotopic (exact) mass is 335 g/mol. The lowest BCUT2D eigenvalue weighted by atomic mass is 10.0. The Hall–Kier alpha value is -2.08. The summed E-state index contributed by atoms with van der Waals surface area (Å²) >= 11 is 0. The van der Waals surface area contributed by atoms with Crippen molar-refractivity contribution in [2.45, 2.75) is 39.7 Å². The van der Waals surface area contributed by atoms with Crippen molar-refractivity contribution in [3.63, 3.8) is 0 Å². The number of likely N-dealkylation sites (N-methyl/N-ethyl adjacent to an activating group) is 1. The Balaban J connectivity index is 2.54. The van der Waals surface area contributed by atoms with Gasteiger partial charge in [-0.1, -0.05) is 19.9 Å². The van der Waals surface area contributed by atoms with E-state index >= 15 is 0 Å². The fraction of sp³-hybridized carbons (Fsp3) is 0.556. The zero-order chi connectivity index (χ0) is 18.2. The number of amides is 2. The lowest BCUT2D eigenvalue weighted by Crippen LogP contribution is -2.48. The highest BCUT2D eigenvalue weighted by molar-refractivity contribution is 5.92. The van der Waals surface area contributed by atoms with E-state index in [4.69, 9.17) is 4.74 Å². The molecule has 0 bridgehead atoms. The molecular weight excluding hydrogens is 306 g/mol. The average molecular weight is 335 g/mol. The van der Waals surface area contributed by atoms with Crippen molar-refractivity contribution < 1.29 is 14.3 Å². The van der Waals surface area contributed by atoms with Crippen LogP contribution in [0.15, 0.2) is 24.3 Å². The van der Waals surface area contributed by atoms with Crippen molar-refractivity contribution in [2.24, 2.45) is 0 Å². The molecule has 0 aliphatic carbocycles. The van der Waals surface area contributed by atoms with Gasteiger partial charge in [-0.25, -0.2) is 0 Å².